The summed E-state index contributed by atoms with van der Waals surface area (Å²) in [5.41, 5.74) is 1.15. The number of rotatable bonds is 9. The van der Waals surface area contributed by atoms with Crippen molar-refractivity contribution in [2.24, 2.45) is 0 Å². The van der Waals surface area contributed by atoms with E-state index in [4.69, 9.17) is 5.11 Å². The van der Waals surface area contributed by atoms with Crippen molar-refractivity contribution in [2.75, 3.05) is 6.54 Å². The molecule has 0 aromatic carbocycles. The van der Waals surface area contributed by atoms with Gasteiger partial charge in [-0.2, -0.15) is 0 Å². The fraction of sp³-hybridized carbons (Fsp3) is 0.462. The zero-order valence-corrected chi connectivity index (χ0v) is 9.91. The standard InChI is InChI=1S/C13H21NO2/c1-3-7-12(2)9-11-14-10-6-4-5-8-13(15)16/h3,7,9,11,14H,1,4-6,8,10H2,2H3,(H,15,16)/b11-9-,12-7-. The van der Waals surface area contributed by atoms with E-state index in [9.17, 15) is 4.79 Å². The summed E-state index contributed by atoms with van der Waals surface area (Å²) in [6.07, 6.45) is 10.6. The van der Waals surface area contributed by atoms with Crippen molar-refractivity contribution < 1.29 is 9.90 Å². The first-order chi connectivity index (χ1) is 7.66. The van der Waals surface area contributed by atoms with E-state index in [2.05, 4.69) is 11.9 Å². The monoisotopic (exact) mass is 223 g/mol. The number of nitrogens with one attached hydrogen (secondary N) is 1. The largest absolute Gasteiger partial charge is 0.481 e. The predicted octanol–water partition coefficient (Wildman–Crippen LogP) is 2.87. The molecule has 0 aromatic heterocycles. The topological polar surface area (TPSA) is 49.3 Å². The highest BCUT2D eigenvalue weighted by atomic mass is 16.4. The second-order valence-corrected chi connectivity index (χ2v) is 3.64. The minimum Gasteiger partial charge on any atom is -0.481 e. The Bertz CT molecular complexity index is 267. The molecule has 0 aliphatic carbocycles. The van der Waals surface area contributed by atoms with Crippen molar-refractivity contribution in [3.63, 3.8) is 0 Å². The van der Waals surface area contributed by atoms with E-state index in [1.54, 1.807) is 6.08 Å². The third kappa shape index (κ3) is 10.6. The molecule has 0 atom stereocenters. The fourth-order valence-corrected chi connectivity index (χ4v) is 1.20. The molecule has 0 fully saturated rings. The van der Waals surface area contributed by atoms with Crippen molar-refractivity contribution in [3.05, 3.63) is 36.6 Å². The van der Waals surface area contributed by atoms with E-state index >= 15 is 0 Å². The van der Waals surface area contributed by atoms with Gasteiger partial charge in [0, 0.05) is 13.0 Å². The lowest BCUT2D eigenvalue weighted by Crippen LogP contribution is -2.06. The molecule has 16 heavy (non-hydrogen) atoms. The summed E-state index contributed by atoms with van der Waals surface area (Å²) < 4.78 is 0. The van der Waals surface area contributed by atoms with Gasteiger partial charge in [0.1, 0.15) is 0 Å². The Labute approximate surface area is 97.6 Å². The summed E-state index contributed by atoms with van der Waals surface area (Å²) in [5.74, 6) is -0.710. The molecule has 0 aromatic rings. The van der Waals surface area contributed by atoms with Gasteiger partial charge in [0.2, 0.25) is 0 Å². The quantitative estimate of drug-likeness (QED) is 0.467. The Balaban J connectivity index is 3.36. The van der Waals surface area contributed by atoms with Gasteiger partial charge in [-0.05, 0) is 37.6 Å². The first kappa shape index (κ1) is 14.5. The Hall–Kier alpha value is -1.51. The molecule has 0 rings (SSSR count). The van der Waals surface area contributed by atoms with Gasteiger partial charge in [-0.15, -0.1) is 0 Å². The van der Waals surface area contributed by atoms with Crippen LogP contribution in [0.15, 0.2) is 36.6 Å². The van der Waals surface area contributed by atoms with Crippen molar-refractivity contribution in [2.45, 2.75) is 32.6 Å². The van der Waals surface area contributed by atoms with E-state index in [1.807, 2.05) is 25.3 Å². The molecule has 0 saturated carbocycles. The summed E-state index contributed by atoms with van der Waals surface area (Å²) in [7, 11) is 0. The first-order valence-corrected chi connectivity index (χ1v) is 5.58. The third-order valence-electron chi connectivity index (χ3n) is 2.06. The number of allylic oxidation sites excluding steroid dienone is 4. The normalized spacial score (nSPS) is 11.7. The van der Waals surface area contributed by atoms with Crippen LogP contribution in [0.3, 0.4) is 0 Å². The summed E-state index contributed by atoms with van der Waals surface area (Å²) >= 11 is 0. The van der Waals surface area contributed by atoms with Gasteiger partial charge < -0.3 is 10.4 Å². The number of hydrogen-bond acceptors (Lipinski definition) is 2. The van der Waals surface area contributed by atoms with Crippen molar-refractivity contribution in [1.29, 1.82) is 0 Å². The van der Waals surface area contributed by atoms with Gasteiger partial charge in [0.05, 0.1) is 0 Å². The maximum absolute atomic E-state index is 10.2. The van der Waals surface area contributed by atoms with Crippen molar-refractivity contribution in [1.82, 2.24) is 5.32 Å². The summed E-state index contributed by atoms with van der Waals surface area (Å²) in [6, 6.07) is 0. The molecule has 0 heterocycles. The average Bonchev–Trinajstić information content (AvgIpc) is 2.22. The lowest BCUT2D eigenvalue weighted by molar-refractivity contribution is -0.137. The number of carbonyl (C=O) groups is 1. The number of carboxylic acids is 1. The lowest BCUT2D eigenvalue weighted by atomic mass is 10.2. The van der Waals surface area contributed by atoms with Crippen molar-refractivity contribution >= 4 is 5.97 Å². The van der Waals surface area contributed by atoms with Crippen LogP contribution in [0.25, 0.3) is 0 Å². The molecular weight excluding hydrogens is 202 g/mol. The molecule has 0 aliphatic heterocycles. The Morgan fingerprint density at radius 3 is 2.75 bits per heavy atom. The maximum atomic E-state index is 10.2. The van der Waals surface area contributed by atoms with E-state index in [-0.39, 0.29) is 6.42 Å². The maximum Gasteiger partial charge on any atom is 0.303 e. The van der Waals surface area contributed by atoms with Gasteiger partial charge in [-0.1, -0.05) is 25.2 Å². The number of unbranched alkanes of at least 4 members (excludes halogenated alkanes) is 2. The zero-order chi connectivity index (χ0) is 12.2. The molecule has 0 radical (unpaired) electrons. The SMILES string of the molecule is C=C/C=C(C)\C=C/NCCCCCC(=O)O. The molecule has 0 saturated heterocycles. The Morgan fingerprint density at radius 1 is 1.38 bits per heavy atom. The van der Waals surface area contributed by atoms with Gasteiger partial charge in [0.25, 0.3) is 0 Å². The third-order valence-corrected chi connectivity index (χ3v) is 2.06. The molecule has 2 N–H and O–H groups in total. The number of aliphatic carboxylic acids is 1. The fourth-order valence-electron chi connectivity index (χ4n) is 1.20. The second-order valence-electron chi connectivity index (χ2n) is 3.64. The van der Waals surface area contributed by atoms with E-state index < -0.39 is 5.97 Å². The van der Waals surface area contributed by atoms with Crippen molar-refractivity contribution in [3.8, 4) is 0 Å². The highest BCUT2D eigenvalue weighted by Gasteiger charge is 1.95. The average molecular weight is 223 g/mol. The highest BCUT2D eigenvalue weighted by molar-refractivity contribution is 5.66. The smallest absolute Gasteiger partial charge is 0.303 e. The molecule has 3 heteroatoms. The molecule has 3 nitrogen and oxygen atoms in total. The highest BCUT2D eigenvalue weighted by Crippen LogP contribution is 1.98. The first-order valence-electron chi connectivity index (χ1n) is 5.58. The molecule has 0 spiro atoms. The van der Waals surface area contributed by atoms with Crippen LogP contribution in [0.4, 0.5) is 0 Å². The van der Waals surface area contributed by atoms with Gasteiger partial charge >= 0.3 is 5.97 Å². The number of carboxylic acid groups (broad SMARTS) is 1. The van der Waals surface area contributed by atoms with Crippen LogP contribution in [0.5, 0.6) is 0 Å². The summed E-state index contributed by atoms with van der Waals surface area (Å²) in [4.78, 5) is 10.2. The Morgan fingerprint density at radius 2 is 2.12 bits per heavy atom. The van der Waals surface area contributed by atoms with Gasteiger partial charge in [0.15, 0.2) is 0 Å². The van der Waals surface area contributed by atoms with Crippen LogP contribution in [0.1, 0.15) is 32.6 Å². The van der Waals surface area contributed by atoms with Crippen LogP contribution < -0.4 is 5.32 Å². The number of hydrogen-bond donors (Lipinski definition) is 2. The lowest BCUT2D eigenvalue weighted by Gasteiger charge is -2.00. The second kappa shape index (κ2) is 10.0. The minimum absolute atomic E-state index is 0.275. The molecule has 0 bridgehead atoms. The molecule has 0 amide bonds. The van der Waals surface area contributed by atoms with Crippen LogP contribution in [0.2, 0.25) is 0 Å². The summed E-state index contributed by atoms with van der Waals surface area (Å²) in [5, 5.41) is 11.6. The van der Waals surface area contributed by atoms with Gasteiger partial charge in [-0.25, -0.2) is 0 Å². The zero-order valence-electron chi connectivity index (χ0n) is 9.91. The van der Waals surface area contributed by atoms with E-state index in [0.29, 0.717) is 0 Å². The molecule has 0 aliphatic rings. The van der Waals surface area contributed by atoms with Crippen LogP contribution in [0, 0.1) is 0 Å². The Kier molecular flexibility index (Phi) is 9.08. The van der Waals surface area contributed by atoms with Crippen LogP contribution in [-0.4, -0.2) is 17.6 Å². The molecule has 90 valence electrons. The van der Waals surface area contributed by atoms with Crippen LogP contribution >= 0.6 is 0 Å². The van der Waals surface area contributed by atoms with Crippen LogP contribution in [-0.2, 0) is 4.79 Å². The van der Waals surface area contributed by atoms with E-state index in [1.165, 1.54) is 0 Å². The van der Waals surface area contributed by atoms with Gasteiger partial charge in [-0.3, -0.25) is 4.79 Å². The van der Waals surface area contributed by atoms with E-state index in [0.717, 1.165) is 31.4 Å². The predicted molar refractivity (Wildman–Crippen MR) is 67.2 cm³/mol. The molecule has 0 unspecified atom stereocenters. The summed E-state index contributed by atoms with van der Waals surface area (Å²) in [6.45, 7) is 6.51. The minimum atomic E-state index is -0.710. The molecular formula is C13H21NO2.